The van der Waals surface area contributed by atoms with Gasteiger partial charge in [0.15, 0.2) is 6.20 Å². The van der Waals surface area contributed by atoms with Crippen LogP contribution in [0, 0.1) is 0 Å². The van der Waals surface area contributed by atoms with Crippen LogP contribution in [-0.4, -0.2) is 33.3 Å². The van der Waals surface area contributed by atoms with Crippen LogP contribution in [0.4, 0.5) is 0 Å². The van der Waals surface area contributed by atoms with Gasteiger partial charge in [0.05, 0.1) is 32.7 Å². The van der Waals surface area contributed by atoms with Crippen LogP contribution in [0.15, 0.2) is 90.8 Å². The topological polar surface area (TPSA) is 88.8 Å². The van der Waals surface area contributed by atoms with Gasteiger partial charge in [-0.15, -0.1) is 0 Å². The van der Waals surface area contributed by atoms with Crippen molar-refractivity contribution in [3.63, 3.8) is 0 Å². The molecule has 0 unspecified atom stereocenters. The highest BCUT2D eigenvalue weighted by Gasteiger charge is 2.33. The molecule has 0 aliphatic heterocycles. The minimum atomic E-state index is -1.17. The standard InChI is InChI=1S/C28H23NO6/c1-33-21-15-13-19(14-16-21)24-23(18-9-5-4-6-10-18)22-12-8-7-11-20(22)17-29(24)25(27(31)34-2)26(30)28(32)35-3/h4-17H,1-3H3. The van der Waals surface area contributed by atoms with Crippen molar-refractivity contribution in [1.29, 1.82) is 0 Å². The molecule has 0 N–H and O–H groups in total. The van der Waals surface area contributed by atoms with E-state index in [0.29, 0.717) is 17.0 Å². The molecule has 0 fully saturated rings. The molecule has 7 nitrogen and oxygen atoms in total. The first-order chi connectivity index (χ1) is 17.0. The van der Waals surface area contributed by atoms with E-state index < -0.39 is 23.4 Å². The monoisotopic (exact) mass is 469 g/mol. The minimum absolute atomic E-state index is 0.479. The van der Waals surface area contributed by atoms with Gasteiger partial charge in [-0.25, -0.2) is 9.59 Å². The number of nitrogens with zero attached hydrogens (tertiary/aromatic N) is 1. The molecule has 7 heteroatoms. The van der Waals surface area contributed by atoms with Gasteiger partial charge in [-0.3, -0.25) is 0 Å². The van der Waals surface area contributed by atoms with E-state index in [1.165, 1.54) is 4.57 Å². The molecule has 4 rings (SSSR count). The third-order valence-electron chi connectivity index (χ3n) is 5.61. The summed E-state index contributed by atoms with van der Waals surface area (Å²) >= 11 is 0. The molecule has 0 amide bonds. The highest BCUT2D eigenvalue weighted by atomic mass is 16.5. The summed E-state index contributed by atoms with van der Waals surface area (Å²) in [6.45, 7) is 0. The van der Waals surface area contributed by atoms with Crippen LogP contribution in [0.5, 0.6) is 5.75 Å². The fourth-order valence-corrected chi connectivity index (χ4v) is 3.98. The van der Waals surface area contributed by atoms with Crippen molar-refractivity contribution >= 4 is 28.4 Å². The second-order valence-corrected chi connectivity index (χ2v) is 7.57. The van der Waals surface area contributed by atoms with Crippen molar-refractivity contribution in [2.75, 3.05) is 21.3 Å². The molecule has 0 atom stereocenters. The summed E-state index contributed by atoms with van der Waals surface area (Å²) in [5.41, 5.74) is 2.37. The molecule has 3 aromatic carbocycles. The average Bonchev–Trinajstić information content (AvgIpc) is 2.92. The molecule has 1 heterocycles. The number of carbonyl (C=O) groups excluding carboxylic acids is 2. The lowest BCUT2D eigenvalue weighted by molar-refractivity contribution is -0.569. The van der Waals surface area contributed by atoms with Crippen molar-refractivity contribution in [2.24, 2.45) is 0 Å². The van der Waals surface area contributed by atoms with Crippen molar-refractivity contribution in [3.8, 4) is 28.1 Å². The van der Waals surface area contributed by atoms with Crippen LogP contribution >= 0.6 is 0 Å². The molecule has 1 aromatic heterocycles. The van der Waals surface area contributed by atoms with Crippen molar-refractivity contribution in [2.45, 2.75) is 0 Å². The number of methoxy groups -OCH3 is 3. The van der Waals surface area contributed by atoms with Gasteiger partial charge >= 0.3 is 11.9 Å². The van der Waals surface area contributed by atoms with E-state index in [4.69, 9.17) is 9.47 Å². The minimum Gasteiger partial charge on any atom is -0.863 e. The second-order valence-electron chi connectivity index (χ2n) is 7.57. The Morgan fingerprint density at radius 2 is 1.37 bits per heavy atom. The van der Waals surface area contributed by atoms with Gasteiger partial charge in [-0.05, 0) is 35.9 Å². The number of esters is 2. The Morgan fingerprint density at radius 3 is 2.00 bits per heavy atom. The maximum atomic E-state index is 13.1. The molecule has 0 saturated carbocycles. The van der Waals surface area contributed by atoms with E-state index in [0.717, 1.165) is 36.1 Å². The Hall–Kier alpha value is -4.65. The van der Waals surface area contributed by atoms with E-state index in [-0.39, 0.29) is 0 Å². The molecule has 176 valence electrons. The van der Waals surface area contributed by atoms with Gasteiger partial charge in [0.2, 0.25) is 5.69 Å². The van der Waals surface area contributed by atoms with Gasteiger partial charge in [0.1, 0.15) is 5.75 Å². The molecule has 4 aromatic rings. The predicted molar refractivity (Wildman–Crippen MR) is 129 cm³/mol. The second kappa shape index (κ2) is 10.1. The van der Waals surface area contributed by atoms with Crippen LogP contribution in [0.2, 0.25) is 0 Å². The van der Waals surface area contributed by atoms with E-state index >= 15 is 0 Å². The maximum absolute atomic E-state index is 13.1. The summed E-state index contributed by atoms with van der Waals surface area (Å²) in [7, 11) is 3.80. The average molecular weight is 469 g/mol. The van der Waals surface area contributed by atoms with Crippen LogP contribution < -0.4 is 14.4 Å². The first-order valence-corrected chi connectivity index (χ1v) is 10.8. The van der Waals surface area contributed by atoms with Crippen LogP contribution in [0.3, 0.4) is 0 Å². The highest BCUT2D eigenvalue weighted by molar-refractivity contribution is 6.13. The fourth-order valence-electron chi connectivity index (χ4n) is 3.98. The zero-order valence-electron chi connectivity index (χ0n) is 19.5. The third kappa shape index (κ3) is 4.44. The number of aromatic nitrogens is 1. The number of ether oxygens (including phenoxy) is 3. The first kappa shape index (κ1) is 23.5. The summed E-state index contributed by atoms with van der Waals surface area (Å²) in [5.74, 6) is -2.61. The number of carbonyl (C=O) groups is 2. The van der Waals surface area contributed by atoms with Crippen molar-refractivity contribution < 1.29 is 33.5 Å². The van der Waals surface area contributed by atoms with E-state index in [2.05, 4.69) is 4.74 Å². The molecule has 0 saturated heterocycles. The molecule has 0 spiro atoms. The van der Waals surface area contributed by atoms with Gasteiger partial charge < -0.3 is 19.3 Å². The van der Waals surface area contributed by atoms with Crippen LogP contribution in [0.25, 0.3) is 38.9 Å². The number of pyridine rings is 1. The number of hydrogen-bond donors (Lipinski definition) is 0. The molecule has 0 aliphatic carbocycles. The molecule has 0 radical (unpaired) electrons. The van der Waals surface area contributed by atoms with Crippen LogP contribution in [-0.2, 0) is 19.1 Å². The van der Waals surface area contributed by atoms with Crippen molar-refractivity contribution in [1.82, 2.24) is 0 Å². The SMILES string of the molecule is COC(=O)/C([O-])=C(\C(=O)OC)[n+]1cc2ccccc2c(-c2ccccc2)c1-c1ccc(OC)cc1. The summed E-state index contributed by atoms with van der Waals surface area (Å²) in [5, 5.41) is 14.7. The summed E-state index contributed by atoms with van der Waals surface area (Å²) in [4.78, 5) is 25.2. The normalized spacial score (nSPS) is 11.5. The Morgan fingerprint density at radius 1 is 0.743 bits per heavy atom. The van der Waals surface area contributed by atoms with Gasteiger partial charge in [-0.1, -0.05) is 48.5 Å². The summed E-state index contributed by atoms with van der Waals surface area (Å²) in [6, 6.07) is 24.4. The largest absolute Gasteiger partial charge is 0.863 e. The van der Waals surface area contributed by atoms with E-state index in [1.807, 2.05) is 66.7 Å². The summed E-state index contributed by atoms with van der Waals surface area (Å²) in [6.07, 6.45) is 1.65. The maximum Gasteiger partial charge on any atom is 0.403 e. The fraction of sp³-hybridized carbons (Fsp3) is 0.107. The van der Waals surface area contributed by atoms with E-state index in [9.17, 15) is 14.7 Å². The predicted octanol–water partition coefficient (Wildman–Crippen LogP) is 3.34. The summed E-state index contributed by atoms with van der Waals surface area (Å²) < 4.78 is 16.3. The Labute approximate surface area is 202 Å². The lowest BCUT2D eigenvalue weighted by atomic mass is 9.93. The lowest BCUT2D eigenvalue weighted by Gasteiger charge is -2.17. The molecule has 35 heavy (non-hydrogen) atoms. The number of rotatable bonds is 6. The van der Waals surface area contributed by atoms with Crippen molar-refractivity contribution in [3.05, 3.63) is 90.8 Å². The molecule has 0 aliphatic rings. The van der Waals surface area contributed by atoms with Gasteiger partial charge in [-0.2, -0.15) is 4.57 Å². The van der Waals surface area contributed by atoms with Gasteiger partial charge in [0, 0.05) is 16.3 Å². The zero-order chi connectivity index (χ0) is 24.9. The Balaban J connectivity index is 2.22. The first-order valence-electron chi connectivity index (χ1n) is 10.8. The number of fused-ring (bicyclic) bond motifs is 1. The number of hydrogen-bond acceptors (Lipinski definition) is 6. The van der Waals surface area contributed by atoms with Crippen LogP contribution in [0.1, 0.15) is 0 Å². The Kier molecular flexibility index (Phi) is 6.78. The van der Waals surface area contributed by atoms with Gasteiger partial charge in [0.25, 0.3) is 5.70 Å². The highest BCUT2D eigenvalue weighted by Crippen LogP contribution is 2.37. The zero-order valence-corrected chi connectivity index (χ0v) is 19.5. The molecular formula is C28H23NO6. The van der Waals surface area contributed by atoms with E-state index in [1.54, 1.807) is 25.4 Å². The smallest absolute Gasteiger partial charge is 0.403 e. The third-order valence-corrected chi connectivity index (χ3v) is 5.61. The lowest BCUT2D eigenvalue weighted by Crippen LogP contribution is -2.43. The molecule has 0 bridgehead atoms. The Bertz CT molecular complexity index is 1430. The molecular weight excluding hydrogens is 446 g/mol. The number of benzene rings is 3. The quantitative estimate of drug-likeness (QED) is 0.186.